The predicted octanol–water partition coefficient (Wildman–Crippen LogP) is -0.137. The van der Waals surface area contributed by atoms with E-state index in [1.807, 2.05) is 0 Å². The van der Waals surface area contributed by atoms with E-state index in [1.54, 1.807) is 12.2 Å². The molecule has 12 heavy (non-hydrogen) atoms. The third-order valence-corrected chi connectivity index (χ3v) is 1.51. The molecule has 1 aliphatic heterocycles. The van der Waals surface area contributed by atoms with Crippen LogP contribution in [-0.2, 0) is 14.3 Å². The van der Waals surface area contributed by atoms with Gasteiger partial charge >= 0.3 is 5.97 Å². The van der Waals surface area contributed by atoms with Crippen LogP contribution in [0.3, 0.4) is 0 Å². The maximum atomic E-state index is 10.9. The summed E-state index contributed by atoms with van der Waals surface area (Å²) >= 11 is 0. The SMILES string of the molecule is COC(=O)[C@@H]1OCC=C[C@@H]1N.Cl. The van der Waals surface area contributed by atoms with Crippen molar-refractivity contribution in [1.82, 2.24) is 0 Å². The zero-order valence-corrected chi connectivity index (χ0v) is 7.54. The van der Waals surface area contributed by atoms with Crippen molar-refractivity contribution in [1.29, 1.82) is 0 Å². The minimum absolute atomic E-state index is 0. The number of hydrogen-bond donors (Lipinski definition) is 1. The molecule has 0 saturated carbocycles. The first-order valence-electron chi connectivity index (χ1n) is 3.37. The van der Waals surface area contributed by atoms with E-state index in [4.69, 9.17) is 10.5 Å². The Bertz CT molecular complexity index is 183. The number of carbonyl (C=O) groups excluding carboxylic acids is 1. The normalized spacial score (nSPS) is 27.5. The molecule has 2 atom stereocenters. The van der Waals surface area contributed by atoms with E-state index in [9.17, 15) is 4.79 Å². The monoisotopic (exact) mass is 193 g/mol. The number of nitrogens with two attached hydrogens (primary N) is 1. The Labute approximate surface area is 77.1 Å². The molecule has 4 nitrogen and oxygen atoms in total. The van der Waals surface area contributed by atoms with Gasteiger partial charge in [0.15, 0.2) is 6.10 Å². The lowest BCUT2D eigenvalue weighted by Gasteiger charge is -2.21. The van der Waals surface area contributed by atoms with Gasteiger partial charge in [0, 0.05) is 0 Å². The topological polar surface area (TPSA) is 61.5 Å². The Morgan fingerprint density at radius 1 is 1.75 bits per heavy atom. The van der Waals surface area contributed by atoms with E-state index in [1.165, 1.54) is 7.11 Å². The maximum absolute atomic E-state index is 10.9. The molecule has 2 N–H and O–H groups in total. The fourth-order valence-corrected chi connectivity index (χ4v) is 0.925. The Kier molecular flexibility index (Phi) is 4.89. The molecule has 0 saturated heterocycles. The van der Waals surface area contributed by atoms with Crippen LogP contribution in [0.15, 0.2) is 12.2 Å². The summed E-state index contributed by atoms with van der Waals surface area (Å²) in [5, 5.41) is 0. The molecular formula is C7H12ClNO3. The second kappa shape index (κ2) is 5.13. The molecule has 0 aromatic rings. The van der Waals surface area contributed by atoms with Crippen molar-refractivity contribution >= 4 is 18.4 Å². The summed E-state index contributed by atoms with van der Waals surface area (Å²) in [7, 11) is 1.32. The molecule has 0 spiro atoms. The molecule has 0 aromatic heterocycles. The average Bonchev–Trinajstić information content (AvgIpc) is 2.04. The van der Waals surface area contributed by atoms with Crippen LogP contribution in [0, 0.1) is 0 Å². The van der Waals surface area contributed by atoms with Gasteiger partial charge in [-0.3, -0.25) is 0 Å². The largest absolute Gasteiger partial charge is 0.467 e. The molecule has 0 aliphatic carbocycles. The van der Waals surface area contributed by atoms with Gasteiger partial charge in [0.05, 0.1) is 19.8 Å². The highest BCUT2D eigenvalue weighted by atomic mass is 35.5. The summed E-state index contributed by atoms with van der Waals surface area (Å²) in [6.07, 6.45) is 2.89. The Morgan fingerprint density at radius 2 is 2.42 bits per heavy atom. The molecule has 5 heteroatoms. The van der Waals surface area contributed by atoms with Gasteiger partial charge < -0.3 is 15.2 Å². The lowest BCUT2D eigenvalue weighted by molar-refractivity contribution is -0.154. The van der Waals surface area contributed by atoms with E-state index in [0.29, 0.717) is 6.61 Å². The van der Waals surface area contributed by atoms with Gasteiger partial charge in [0.25, 0.3) is 0 Å². The zero-order chi connectivity index (χ0) is 8.27. The van der Waals surface area contributed by atoms with Gasteiger partial charge in [-0.2, -0.15) is 0 Å². The second-order valence-corrected chi connectivity index (χ2v) is 2.28. The first-order chi connectivity index (χ1) is 5.25. The fourth-order valence-electron chi connectivity index (χ4n) is 0.925. The van der Waals surface area contributed by atoms with Crippen molar-refractivity contribution in [2.45, 2.75) is 12.1 Å². The van der Waals surface area contributed by atoms with Gasteiger partial charge in [-0.1, -0.05) is 12.2 Å². The number of methoxy groups -OCH3 is 1. The molecule has 0 unspecified atom stereocenters. The lowest BCUT2D eigenvalue weighted by atomic mass is 10.1. The van der Waals surface area contributed by atoms with Crippen LogP contribution < -0.4 is 5.73 Å². The number of rotatable bonds is 1. The molecule has 1 heterocycles. The Balaban J connectivity index is 0.00000121. The minimum atomic E-state index is -0.634. The molecule has 0 amide bonds. The summed E-state index contributed by atoms with van der Waals surface area (Å²) in [4.78, 5) is 10.9. The van der Waals surface area contributed by atoms with Crippen LogP contribution >= 0.6 is 12.4 Å². The van der Waals surface area contributed by atoms with Gasteiger partial charge in [-0.05, 0) is 0 Å². The van der Waals surface area contributed by atoms with Crippen LogP contribution in [0.1, 0.15) is 0 Å². The highest BCUT2D eigenvalue weighted by molar-refractivity contribution is 5.85. The second-order valence-electron chi connectivity index (χ2n) is 2.28. The molecular weight excluding hydrogens is 182 g/mol. The fraction of sp³-hybridized carbons (Fsp3) is 0.571. The number of carbonyl (C=O) groups is 1. The van der Waals surface area contributed by atoms with E-state index < -0.39 is 12.1 Å². The summed E-state index contributed by atoms with van der Waals surface area (Å²) < 4.78 is 9.54. The highest BCUT2D eigenvalue weighted by Crippen LogP contribution is 2.06. The van der Waals surface area contributed by atoms with Crippen LogP contribution in [0.5, 0.6) is 0 Å². The predicted molar refractivity (Wildman–Crippen MR) is 46.1 cm³/mol. The maximum Gasteiger partial charge on any atom is 0.336 e. The summed E-state index contributed by atoms with van der Waals surface area (Å²) in [6, 6.07) is -0.379. The lowest BCUT2D eigenvalue weighted by Crippen LogP contribution is -2.43. The van der Waals surface area contributed by atoms with E-state index in [2.05, 4.69) is 4.74 Å². The van der Waals surface area contributed by atoms with E-state index in [-0.39, 0.29) is 18.4 Å². The molecule has 1 aliphatic rings. The van der Waals surface area contributed by atoms with Crippen molar-refractivity contribution in [2.24, 2.45) is 5.73 Å². The summed E-state index contributed by atoms with van der Waals surface area (Å²) in [6.45, 7) is 0.424. The molecule has 0 fully saturated rings. The van der Waals surface area contributed by atoms with E-state index >= 15 is 0 Å². The van der Waals surface area contributed by atoms with Gasteiger partial charge in [0.1, 0.15) is 0 Å². The standard InChI is InChI=1S/C7H11NO3.ClH/c1-10-7(9)6-5(8)3-2-4-11-6;/h2-3,5-6H,4,8H2,1H3;1H/t5-,6+;/m0./s1. The Hall–Kier alpha value is -0.580. The van der Waals surface area contributed by atoms with Crippen LogP contribution in [0.25, 0.3) is 0 Å². The first kappa shape index (κ1) is 11.4. The number of hydrogen-bond acceptors (Lipinski definition) is 4. The van der Waals surface area contributed by atoms with Crippen LogP contribution in [0.2, 0.25) is 0 Å². The van der Waals surface area contributed by atoms with Gasteiger partial charge in [-0.25, -0.2) is 4.79 Å². The Morgan fingerprint density at radius 3 is 2.92 bits per heavy atom. The summed E-state index contributed by atoms with van der Waals surface area (Å²) in [5.74, 6) is -0.415. The van der Waals surface area contributed by atoms with Crippen molar-refractivity contribution in [2.75, 3.05) is 13.7 Å². The minimum Gasteiger partial charge on any atom is -0.467 e. The average molecular weight is 194 g/mol. The van der Waals surface area contributed by atoms with Crippen molar-refractivity contribution in [3.63, 3.8) is 0 Å². The van der Waals surface area contributed by atoms with Crippen molar-refractivity contribution in [3.05, 3.63) is 12.2 Å². The number of esters is 1. The zero-order valence-electron chi connectivity index (χ0n) is 6.73. The highest BCUT2D eigenvalue weighted by Gasteiger charge is 2.27. The smallest absolute Gasteiger partial charge is 0.336 e. The molecule has 0 radical (unpaired) electrons. The molecule has 0 aromatic carbocycles. The third-order valence-electron chi connectivity index (χ3n) is 1.51. The number of ether oxygens (including phenoxy) is 2. The summed E-state index contributed by atoms with van der Waals surface area (Å²) in [5.41, 5.74) is 5.54. The third kappa shape index (κ3) is 2.48. The van der Waals surface area contributed by atoms with E-state index in [0.717, 1.165) is 0 Å². The van der Waals surface area contributed by atoms with Gasteiger partial charge in [-0.15, -0.1) is 12.4 Å². The van der Waals surface area contributed by atoms with Crippen molar-refractivity contribution in [3.8, 4) is 0 Å². The van der Waals surface area contributed by atoms with Crippen LogP contribution in [-0.4, -0.2) is 31.8 Å². The number of halogens is 1. The van der Waals surface area contributed by atoms with Crippen LogP contribution in [0.4, 0.5) is 0 Å². The van der Waals surface area contributed by atoms with Crippen molar-refractivity contribution < 1.29 is 14.3 Å². The van der Waals surface area contributed by atoms with Gasteiger partial charge in [0.2, 0.25) is 0 Å². The molecule has 1 rings (SSSR count). The molecule has 70 valence electrons. The molecule has 0 bridgehead atoms. The quantitative estimate of drug-likeness (QED) is 0.465. The first-order valence-corrected chi connectivity index (χ1v) is 3.37.